The molecule has 0 saturated heterocycles. The highest BCUT2D eigenvalue weighted by Gasteiger charge is 2.20. The summed E-state index contributed by atoms with van der Waals surface area (Å²) in [4.78, 5) is 12.2. The first kappa shape index (κ1) is 17.1. The monoisotopic (exact) mass is 361 g/mol. The summed E-state index contributed by atoms with van der Waals surface area (Å²) < 4.78 is 32.3. The molecule has 3 aromatic rings. The maximum atomic E-state index is 13.7. The van der Waals surface area contributed by atoms with Crippen molar-refractivity contribution >= 4 is 23.4 Å². The number of rotatable bonds is 5. The molecule has 8 heteroatoms. The quantitative estimate of drug-likeness (QED) is 0.692. The van der Waals surface area contributed by atoms with E-state index in [2.05, 4.69) is 15.5 Å². The van der Waals surface area contributed by atoms with Crippen LogP contribution >= 0.6 is 11.8 Å². The number of nitrogens with one attached hydrogen (secondary N) is 1. The zero-order valence-corrected chi connectivity index (χ0v) is 13.9. The molecule has 0 aliphatic carbocycles. The average molecular weight is 361 g/mol. The van der Waals surface area contributed by atoms with Gasteiger partial charge in [-0.05, 0) is 37.3 Å². The summed E-state index contributed by atoms with van der Waals surface area (Å²) in [5.74, 6) is -1.22. The fourth-order valence-corrected chi connectivity index (χ4v) is 2.70. The van der Waals surface area contributed by atoms with Crippen LogP contribution in [0.5, 0.6) is 0 Å². The molecule has 1 heterocycles. The average Bonchev–Trinajstić information content (AvgIpc) is 3.03. The number of amides is 1. The number of carbonyl (C=O) groups is 1. The molecule has 0 aliphatic heterocycles. The molecule has 0 unspecified atom stereocenters. The van der Waals surface area contributed by atoms with E-state index < -0.39 is 16.9 Å². The second-order valence-electron chi connectivity index (χ2n) is 5.11. The largest absolute Gasteiger partial charge is 0.411 e. The number of hydrogen-bond donors (Lipinski definition) is 1. The molecule has 0 bridgehead atoms. The predicted molar refractivity (Wildman–Crippen MR) is 90.0 cm³/mol. The van der Waals surface area contributed by atoms with Crippen LogP contribution < -0.4 is 5.32 Å². The van der Waals surface area contributed by atoms with Crippen LogP contribution in [-0.4, -0.2) is 21.4 Å². The molecule has 0 radical (unpaired) electrons. The lowest BCUT2D eigenvalue weighted by molar-refractivity contribution is -0.115. The van der Waals surface area contributed by atoms with Crippen molar-refractivity contribution in [3.05, 3.63) is 60.2 Å². The van der Waals surface area contributed by atoms with E-state index in [0.717, 1.165) is 11.8 Å². The Morgan fingerprint density at radius 2 is 1.96 bits per heavy atom. The number of thioether (sulfide) groups is 1. The minimum absolute atomic E-state index is 0.0401. The Morgan fingerprint density at radius 3 is 2.72 bits per heavy atom. The summed E-state index contributed by atoms with van der Waals surface area (Å²) in [6.07, 6.45) is 0. The zero-order chi connectivity index (χ0) is 17.8. The number of hydrogen-bond acceptors (Lipinski definition) is 5. The minimum Gasteiger partial charge on any atom is -0.411 e. The molecule has 1 N–H and O–H groups in total. The number of nitrogens with zero attached hydrogens (tertiary/aromatic N) is 2. The van der Waals surface area contributed by atoms with Crippen LogP contribution in [0, 0.1) is 11.6 Å². The SMILES string of the molecule is C[C@@H](Sc1nnc(-c2ccccc2F)o1)C(=O)Nc1cccc(F)c1. The van der Waals surface area contributed by atoms with Crippen molar-refractivity contribution < 1.29 is 18.0 Å². The van der Waals surface area contributed by atoms with Crippen LogP contribution in [0.4, 0.5) is 14.5 Å². The molecule has 128 valence electrons. The Kier molecular flexibility index (Phi) is 5.08. The highest BCUT2D eigenvalue weighted by atomic mass is 32.2. The van der Waals surface area contributed by atoms with Crippen molar-refractivity contribution in [2.24, 2.45) is 0 Å². The van der Waals surface area contributed by atoms with Gasteiger partial charge in [-0.25, -0.2) is 8.78 Å². The number of halogens is 2. The molecule has 0 spiro atoms. The Bertz CT molecular complexity index is 901. The Balaban J connectivity index is 1.66. The molecule has 0 fully saturated rings. The molecule has 0 saturated carbocycles. The van der Waals surface area contributed by atoms with Gasteiger partial charge in [-0.3, -0.25) is 4.79 Å². The lowest BCUT2D eigenvalue weighted by atomic mass is 10.2. The van der Waals surface area contributed by atoms with Crippen LogP contribution in [0.15, 0.2) is 58.2 Å². The molecule has 1 atom stereocenters. The first-order chi connectivity index (χ1) is 12.0. The molecule has 2 aromatic carbocycles. The molecular formula is C17H13F2N3O2S. The fraction of sp³-hybridized carbons (Fsp3) is 0.118. The number of carbonyl (C=O) groups excluding carboxylic acids is 1. The topological polar surface area (TPSA) is 68.0 Å². The normalized spacial score (nSPS) is 12.0. The zero-order valence-electron chi connectivity index (χ0n) is 13.1. The molecular weight excluding hydrogens is 348 g/mol. The minimum atomic E-state index is -0.572. The van der Waals surface area contributed by atoms with Crippen LogP contribution in [-0.2, 0) is 4.79 Å². The summed E-state index contributed by atoms with van der Waals surface area (Å²) in [5, 5.41) is 9.78. The Morgan fingerprint density at radius 1 is 1.16 bits per heavy atom. The van der Waals surface area contributed by atoms with Gasteiger partial charge < -0.3 is 9.73 Å². The third-order valence-electron chi connectivity index (χ3n) is 3.25. The maximum absolute atomic E-state index is 13.7. The van der Waals surface area contributed by atoms with E-state index in [0.29, 0.717) is 5.69 Å². The van der Waals surface area contributed by atoms with E-state index in [1.54, 1.807) is 25.1 Å². The Labute approximate surface area is 146 Å². The van der Waals surface area contributed by atoms with Gasteiger partial charge in [-0.1, -0.05) is 30.0 Å². The lowest BCUT2D eigenvalue weighted by Gasteiger charge is -2.09. The van der Waals surface area contributed by atoms with Gasteiger partial charge in [0.25, 0.3) is 11.1 Å². The van der Waals surface area contributed by atoms with Crippen molar-refractivity contribution in [2.75, 3.05) is 5.32 Å². The van der Waals surface area contributed by atoms with E-state index in [9.17, 15) is 13.6 Å². The van der Waals surface area contributed by atoms with Gasteiger partial charge in [-0.2, -0.15) is 0 Å². The van der Waals surface area contributed by atoms with Gasteiger partial charge in [0.2, 0.25) is 5.91 Å². The number of anilines is 1. The van der Waals surface area contributed by atoms with Gasteiger partial charge in [-0.15, -0.1) is 10.2 Å². The second-order valence-corrected chi connectivity index (χ2v) is 6.40. The van der Waals surface area contributed by atoms with E-state index in [1.165, 1.54) is 30.3 Å². The second kappa shape index (κ2) is 7.43. The summed E-state index contributed by atoms with van der Waals surface area (Å²) in [6, 6.07) is 11.6. The molecule has 25 heavy (non-hydrogen) atoms. The third-order valence-corrected chi connectivity index (χ3v) is 4.18. The smallest absolute Gasteiger partial charge is 0.277 e. The van der Waals surface area contributed by atoms with E-state index in [1.807, 2.05) is 0 Å². The van der Waals surface area contributed by atoms with Crippen molar-refractivity contribution in [1.82, 2.24) is 10.2 Å². The van der Waals surface area contributed by atoms with E-state index in [-0.39, 0.29) is 22.6 Å². The van der Waals surface area contributed by atoms with Crippen LogP contribution in [0.25, 0.3) is 11.5 Å². The van der Waals surface area contributed by atoms with Gasteiger partial charge in [0.05, 0.1) is 10.8 Å². The highest BCUT2D eigenvalue weighted by molar-refractivity contribution is 8.00. The first-order valence-electron chi connectivity index (χ1n) is 7.34. The van der Waals surface area contributed by atoms with Gasteiger partial charge in [0.15, 0.2) is 0 Å². The van der Waals surface area contributed by atoms with Crippen LogP contribution in [0.1, 0.15) is 6.92 Å². The van der Waals surface area contributed by atoms with E-state index in [4.69, 9.17) is 4.42 Å². The van der Waals surface area contributed by atoms with Crippen LogP contribution in [0.2, 0.25) is 0 Å². The van der Waals surface area contributed by atoms with Gasteiger partial charge in [0.1, 0.15) is 11.6 Å². The summed E-state index contributed by atoms with van der Waals surface area (Å²) in [5.41, 5.74) is 0.550. The highest BCUT2D eigenvalue weighted by Crippen LogP contribution is 2.27. The lowest BCUT2D eigenvalue weighted by Crippen LogP contribution is -2.22. The molecule has 0 aliphatic rings. The summed E-state index contributed by atoms with van der Waals surface area (Å²) >= 11 is 1.03. The Hall–Kier alpha value is -2.74. The van der Waals surface area contributed by atoms with Gasteiger partial charge in [0, 0.05) is 5.69 Å². The molecule has 5 nitrogen and oxygen atoms in total. The van der Waals surface area contributed by atoms with Gasteiger partial charge >= 0.3 is 0 Å². The summed E-state index contributed by atoms with van der Waals surface area (Å²) in [6.45, 7) is 1.65. The van der Waals surface area contributed by atoms with Crippen LogP contribution in [0.3, 0.4) is 0 Å². The van der Waals surface area contributed by atoms with E-state index >= 15 is 0 Å². The third kappa shape index (κ3) is 4.21. The summed E-state index contributed by atoms with van der Waals surface area (Å²) in [7, 11) is 0. The molecule has 1 amide bonds. The first-order valence-corrected chi connectivity index (χ1v) is 8.22. The maximum Gasteiger partial charge on any atom is 0.277 e. The standard InChI is InChI=1S/C17H13F2N3O2S/c1-10(15(23)20-12-6-4-5-11(18)9-12)25-17-22-21-16(24-17)13-7-2-3-8-14(13)19/h2-10H,1H3,(H,20,23)/t10-/m1/s1. The van der Waals surface area contributed by atoms with Crippen molar-refractivity contribution in [1.29, 1.82) is 0 Å². The number of aromatic nitrogens is 2. The fourth-order valence-electron chi connectivity index (χ4n) is 2.02. The predicted octanol–water partition coefficient (Wildman–Crippen LogP) is 4.13. The van der Waals surface area contributed by atoms with Crippen molar-refractivity contribution in [3.63, 3.8) is 0 Å². The molecule has 1 aromatic heterocycles. The number of benzene rings is 2. The molecule has 3 rings (SSSR count). The van der Waals surface area contributed by atoms with Crippen molar-refractivity contribution in [3.8, 4) is 11.5 Å². The van der Waals surface area contributed by atoms with Crippen molar-refractivity contribution in [2.45, 2.75) is 17.4 Å².